The zero-order valence-corrected chi connectivity index (χ0v) is 11.2. The van der Waals surface area contributed by atoms with Crippen molar-refractivity contribution in [3.63, 3.8) is 0 Å². The van der Waals surface area contributed by atoms with Crippen molar-refractivity contribution in [2.45, 2.75) is 19.0 Å². The molecule has 2 aromatic rings. The van der Waals surface area contributed by atoms with Gasteiger partial charge in [-0.25, -0.2) is 4.98 Å². The van der Waals surface area contributed by atoms with Gasteiger partial charge in [-0.2, -0.15) is 5.10 Å². The van der Waals surface area contributed by atoms with Crippen molar-refractivity contribution in [1.29, 1.82) is 0 Å². The molecule has 0 radical (unpaired) electrons. The molecule has 0 saturated heterocycles. The van der Waals surface area contributed by atoms with Crippen LogP contribution in [0.25, 0.3) is 0 Å². The highest BCUT2D eigenvalue weighted by molar-refractivity contribution is 5.76. The highest BCUT2D eigenvalue weighted by Crippen LogP contribution is 2.30. The Balaban J connectivity index is 1.92. The second-order valence-electron chi connectivity index (χ2n) is 4.96. The third-order valence-electron chi connectivity index (χ3n) is 3.77. The monoisotopic (exact) mass is 272 g/mol. The number of aryl methyl sites for hydroxylation is 1. The van der Waals surface area contributed by atoms with Crippen molar-refractivity contribution >= 4 is 5.97 Å². The van der Waals surface area contributed by atoms with E-state index in [1.54, 1.807) is 4.68 Å². The first-order valence-electron chi connectivity index (χ1n) is 6.54. The largest absolute Gasteiger partial charge is 0.480 e. The van der Waals surface area contributed by atoms with Gasteiger partial charge in [0.05, 0.1) is 6.54 Å². The summed E-state index contributed by atoms with van der Waals surface area (Å²) < 4.78 is 1.68. The van der Waals surface area contributed by atoms with Gasteiger partial charge >= 0.3 is 5.97 Å². The highest BCUT2D eigenvalue weighted by Gasteiger charge is 2.33. The molecule has 104 valence electrons. The standard InChI is InChI=1S/C14H16N4O2/c1-17-12(15-9-16-17)8-18-7-6-10-4-2-3-5-11(10)13(18)14(19)20/h2-5,9,13H,6-8H2,1H3,(H,19,20). The fourth-order valence-corrected chi connectivity index (χ4v) is 2.72. The van der Waals surface area contributed by atoms with E-state index in [-0.39, 0.29) is 0 Å². The van der Waals surface area contributed by atoms with Gasteiger partial charge in [-0.15, -0.1) is 0 Å². The van der Waals surface area contributed by atoms with E-state index in [4.69, 9.17) is 0 Å². The summed E-state index contributed by atoms with van der Waals surface area (Å²) in [5.41, 5.74) is 2.00. The van der Waals surface area contributed by atoms with Crippen molar-refractivity contribution in [1.82, 2.24) is 19.7 Å². The number of aromatic nitrogens is 3. The smallest absolute Gasteiger partial charge is 0.325 e. The van der Waals surface area contributed by atoms with Crippen LogP contribution in [-0.2, 0) is 24.8 Å². The Bertz CT molecular complexity index is 638. The molecular formula is C14H16N4O2. The van der Waals surface area contributed by atoms with Crippen molar-refractivity contribution < 1.29 is 9.90 Å². The lowest BCUT2D eigenvalue weighted by molar-refractivity contribution is -0.144. The fraction of sp³-hybridized carbons (Fsp3) is 0.357. The van der Waals surface area contributed by atoms with Gasteiger partial charge in [-0.1, -0.05) is 24.3 Å². The van der Waals surface area contributed by atoms with E-state index in [9.17, 15) is 9.90 Å². The van der Waals surface area contributed by atoms with E-state index in [0.29, 0.717) is 13.1 Å². The molecule has 1 aromatic heterocycles. The molecule has 0 saturated carbocycles. The van der Waals surface area contributed by atoms with Crippen LogP contribution in [0.5, 0.6) is 0 Å². The molecule has 20 heavy (non-hydrogen) atoms. The first-order valence-corrected chi connectivity index (χ1v) is 6.54. The lowest BCUT2D eigenvalue weighted by Crippen LogP contribution is -2.39. The summed E-state index contributed by atoms with van der Waals surface area (Å²) in [6, 6.07) is 7.13. The molecule has 6 heteroatoms. The number of benzene rings is 1. The van der Waals surface area contributed by atoms with Crippen LogP contribution in [0, 0.1) is 0 Å². The number of fused-ring (bicyclic) bond motifs is 1. The number of hydrogen-bond donors (Lipinski definition) is 1. The second kappa shape index (κ2) is 5.05. The molecule has 1 aliphatic heterocycles. The Morgan fingerprint density at radius 3 is 2.95 bits per heavy atom. The van der Waals surface area contributed by atoms with Crippen LogP contribution < -0.4 is 0 Å². The Hall–Kier alpha value is -2.21. The van der Waals surface area contributed by atoms with E-state index in [0.717, 1.165) is 23.4 Å². The SMILES string of the molecule is Cn1ncnc1CN1CCc2ccccc2C1C(=O)O. The van der Waals surface area contributed by atoms with Crippen LogP contribution in [-0.4, -0.2) is 37.3 Å². The molecular weight excluding hydrogens is 256 g/mol. The van der Waals surface area contributed by atoms with Gasteiger partial charge in [0, 0.05) is 13.6 Å². The third kappa shape index (κ3) is 2.18. The minimum Gasteiger partial charge on any atom is -0.480 e. The van der Waals surface area contributed by atoms with Gasteiger partial charge in [0.1, 0.15) is 18.2 Å². The van der Waals surface area contributed by atoms with E-state index in [1.807, 2.05) is 36.2 Å². The molecule has 0 fully saturated rings. The molecule has 1 unspecified atom stereocenters. The zero-order valence-electron chi connectivity index (χ0n) is 11.2. The number of rotatable bonds is 3. The molecule has 1 N–H and O–H groups in total. The summed E-state index contributed by atoms with van der Waals surface area (Å²) in [4.78, 5) is 17.8. The van der Waals surface area contributed by atoms with Crippen LogP contribution in [0.15, 0.2) is 30.6 Å². The van der Waals surface area contributed by atoms with Crippen molar-refractivity contribution in [2.75, 3.05) is 6.54 Å². The summed E-state index contributed by atoms with van der Waals surface area (Å²) in [5.74, 6) is -0.0463. The molecule has 2 heterocycles. The van der Waals surface area contributed by atoms with Gasteiger partial charge in [-0.3, -0.25) is 14.4 Å². The quantitative estimate of drug-likeness (QED) is 0.902. The van der Waals surface area contributed by atoms with Gasteiger partial charge < -0.3 is 5.11 Å². The minimum atomic E-state index is -0.820. The maximum absolute atomic E-state index is 11.7. The normalized spacial score (nSPS) is 18.8. The highest BCUT2D eigenvalue weighted by atomic mass is 16.4. The van der Waals surface area contributed by atoms with Crippen molar-refractivity contribution in [2.24, 2.45) is 7.05 Å². The topological polar surface area (TPSA) is 71.2 Å². The van der Waals surface area contributed by atoms with E-state index < -0.39 is 12.0 Å². The Labute approximate surface area is 116 Å². The molecule has 1 atom stereocenters. The first kappa shape index (κ1) is 12.8. The predicted octanol–water partition coefficient (Wildman–Crippen LogP) is 0.999. The summed E-state index contributed by atoms with van der Waals surface area (Å²) in [6.45, 7) is 1.20. The number of carbonyl (C=O) groups is 1. The summed E-state index contributed by atoms with van der Waals surface area (Å²) in [6.07, 6.45) is 2.35. The lowest BCUT2D eigenvalue weighted by atomic mass is 9.92. The first-order chi connectivity index (χ1) is 9.66. The number of nitrogens with zero attached hydrogens (tertiary/aromatic N) is 4. The van der Waals surface area contributed by atoms with Crippen LogP contribution in [0.2, 0.25) is 0 Å². The molecule has 1 aromatic carbocycles. The average Bonchev–Trinajstić information content (AvgIpc) is 2.83. The molecule has 0 spiro atoms. The fourth-order valence-electron chi connectivity index (χ4n) is 2.72. The molecule has 0 bridgehead atoms. The van der Waals surface area contributed by atoms with E-state index >= 15 is 0 Å². The summed E-state index contributed by atoms with van der Waals surface area (Å²) in [7, 11) is 1.82. The number of carboxylic acid groups (broad SMARTS) is 1. The maximum atomic E-state index is 11.7. The van der Waals surface area contributed by atoms with E-state index in [2.05, 4.69) is 10.1 Å². The predicted molar refractivity (Wildman–Crippen MR) is 71.9 cm³/mol. The maximum Gasteiger partial charge on any atom is 0.325 e. The molecule has 0 aliphatic carbocycles. The summed E-state index contributed by atoms with van der Waals surface area (Å²) in [5, 5.41) is 13.6. The molecule has 6 nitrogen and oxygen atoms in total. The summed E-state index contributed by atoms with van der Waals surface area (Å²) >= 11 is 0. The number of hydrogen-bond acceptors (Lipinski definition) is 4. The van der Waals surface area contributed by atoms with Crippen LogP contribution in [0.3, 0.4) is 0 Å². The van der Waals surface area contributed by atoms with Gasteiger partial charge in [0.2, 0.25) is 0 Å². The van der Waals surface area contributed by atoms with Gasteiger partial charge in [-0.05, 0) is 17.5 Å². The zero-order chi connectivity index (χ0) is 14.1. The Morgan fingerprint density at radius 2 is 2.25 bits per heavy atom. The van der Waals surface area contributed by atoms with Gasteiger partial charge in [0.25, 0.3) is 0 Å². The van der Waals surface area contributed by atoms with Crippen LogP contribution >= 0.6 is 0 Å². The molecule has 3 rings (SSSR count). The third-order valence-corrected chi connectivity index (χ3v) is 3.77. The number of aliphatic carboxylic acids is 1. The van der Waals surface area contributed by atoms with Crippen molar-refractivity contribution in [3.8, 4) is 0 Å². The molecule has 1 aliphatic rings. The van der Waals surface area contributed by atoms with E-state index in [1.165, 1.54) is 6.33 Å². The van der Waals surface area contributed by atoms with Crippen molar-refractivity contribution in [3.05, 3.63) is 47.5 Å². The van der Waals surface area contributed by atoms with Crippen LogP contribution in [0.1, 0.15) is 23.0 Å². The lowest BCUT2D eigenvalue weighted by Gasteiger charge is -2.34. The Kier molecular flexibility index (Phi) is 3.23. The average molecular weight is 272 g/mol. The minimum absolute atomic E-state index is 0.488. The number of carboxylic acids is 1. The Morgan fingerprint density at radius 1 is 1.45 bits per heavy atom. The molecule has 0 amide bonds. The van der Waals surface area contributed by atoms with Crippen LogP contribution in [0.4, 0.5) is 0 Å². The second-order valence-corrected chi connectivity index (χ2v) is 4.96. The van der Waals surface area contributed by atoms with Gasteiger partial charge in [0.15, 0.2) is 0 Å².